The van der Waals surface area contributed by atoms with Crippen LogP contribution in [-0.4, -0.2) is 30.8 Å². The van der Waals surface area contributed by atoms with Gasteiger partial charge in [-0.05, 0) is 43.3 Å². The van der Waals surface area contributed by atoms with E-state index < -0.39 is 30.1 Å². The van der Waals surface area contributed by atoms with Crippen LogP contribution in [0.1, 0.15) is 23.6 Å². The van der Waals surface area contributed by atoms with Gasteiger partial charge in [0.05, 0.1) is 52.7 Å². The highest BCUT2D eigenvalue weighted by Crippen LogP contribution is 2.22. The fraction of sp³-hybridized carbons (Fsp3) is 0.158. The average molecular weight is 376 g/mol. The van der Waals surface area contributed by atoms with Crippen molar-refractivity contribution < 1.29 is 21.3 Å². The first kappa shape index (κ1) is 9.14. The SMILES string of the molecule is [2H]c1nc(CS(=O)c2nc3ccc(-n4c([2H])c([2H])c([2H])c4[2H])cc3[nH]2)c(C)c(OC([2H])([2H])[2H])c1[2H]. The Morgan fingerprint density at radius 3 is 3.04 bits per heavy atom. The summed E-state index contributed by atoms with van der Waals surface area (Å²) in [5, 5.41) is 0.0742. The third-order valence-corrected chi connectivity index (χ3v) is 4.98. The van der Waals surface area contributed by atoms with E-state index in [1.807, 2.05) is 0 Å². The summed E-state index contributed by atoms with van der Waals surface area (Å²) in [5.74, 6) is -0.546. The summed E-state index contributed by atoms with van der Waals surface area (Å²) in [6.07, 6.45) is -1.12. The number of hydrogen-bond acceptors (Lipinski definition) is 4. The second kappa shape index (κ2) is 6.76. The molecule has 4 aromatic rings. The van der Waals surface area contributed by atoms with Crippen molar-refractivity contribution in [3.63, 3.8) is 0 Å². The summed E-state index contributed by atoms with van der Waals surface area (Å²) in [6.45, 7) is 1.47. The number of nitrogens with one attached hydrogen (secondary N) is 1. The number of aromatic nitrogens is 4. The van der Waals surface area contributed by atoms with Gasteiger partial charge in [0.25, 0.3) is 0 Å². The molecule has 132 valence electrons. The van der Waals surface area contributed by atoms with Gasteiger partial charge < -0.3 is 14.3 Å². The second-order valence-electron chi connectivity index (χ2n) is 5.39. The van der Waals surface area contributed by atoms with E-state index in [4.69, 9.17) is 17.1 Å². The Morgan fingerprint density at radius 2 is 2.23 bits per heavy atom. The Kier molecular flexibility index (Phi) is 2.38. The number of H-pyrrole nitrogens is 1. The van der Waals surface area contributed by atoms with E-state index in [1.54, 1.807) is 18.2 Å². The summed E-state index contributed by atoms with van der Waals surface area (Å²) in [5.41, 5.74) is 1.55. The van der Waals surface area contributed by atoms with Crippen LogP contribution in [-0.2, 0) is 16.6 Å². The van der Waals surface area contributed by atoms with Crippen molar-refractivity contribution in [2.75, 3.05) is 7.04 Å². The number of imidazole rings is 1. The zero-order valence-electron chi connectivity index (χ0n) is 22.5. The molecule has 0 aliphatic rings. The Bertz CT molecular complexity index is 1470. The summed E-state index contributed by atoms with van der Waals surface area (Å²) in [4.78, 5) is 11.2. The average Bonchev–Trinajstić information content (AvgIpc) is 3.29. The van der Waals surface area contributed by atoms with Gasteiger partial charge in [-0.2, -0.15) is 0 Å². The molecular formula is C19H18N4O2S. The summed E-state index contributed by atoms with van der Waals surface area (Å²) >= 11 is 0. The van der Waals surface area contributed by atoms with Crippen LogP contribution in [0.25, 0.3) is 16.7 Å². The van der Waals surface area contributed by atoms with E-state index in [1.165, 1.54) is 6.92 Å². The maximum Gasteiger partial charge on any atom is 0.197 e. The van der Waals surface area contributed by atoms with Gasteiger partial charge in [0.1, 0.15) is 5.75 Å². The number of hydrogen-bond donors (Lipinski definition) is 1. The molecule has 0 fully saturated rings. The van der Waals surface area contributed by atoms with Crippen LogP contribution in [0.5, 0.6) is 5.75 Å². The number of ether oxygens (including phenoxy) is 1. The van der Waals surface area contributed by atoms with Crippen LogP contribution in [0, 0.1) is 6.92 Å². The molecule has 1 aromatic carbocycles. The minimum atomic E-state index is -2.83. The lowest BCUT2D eigenvalue weighted by molar-refractivity contribution is 0.410. The molecule has 0 bridgehead atoms. The van der Waals surface area contributed by atoms with E-state index in [-0.39, 0.29) is 52.3 Å². The largest absolute Gasteiger partial charge is 0.496 e. The third kappa shape index (κ3) is 3.01. The molecule has 1 N–H and O–H groups in total. The summed E-state index contributed by atoms with van der Waals surface area (Å²) in [7, 11) is -4.63. The molecule has 3 heterocycles. The first-order valence-corrected chi connectivity index (χ1v) is 8.79. The zero-order valence-corrected chi connectivity index (χ0v) is 14.3. The Balaban J connectivity index is 1.68. The summed E-state index contributed by atoms with van der Waals surface area (Å²) < 4.78 is 88.2. The van der Waals surface area contributed by atoms with Crippen LogP contribution in [0.15, 0.2) is 60.0 Å². The van der Waals surface area contributed by atoms with Crippen molar-refractivity contribution >= 4 is 21.8 Å². The number of rotatable bonds is 5. The lowest BCUT2D eigenvalue weighted by Gasteiger charge is -2.08. The van der Waals surface area contributed by atoms with Crippen molar-refractivity contribution in [2.45, 2.75) is 17.8 Å². The Hall–Kier alpha value is -2.93. The topological polar surface area (TPSA) is 72.8 Å². The number of methoxy groups -OCH3 is 1. The van der Waals surface area contributed by atoms with E-state index in [9.17, 15) is 4.21 Å². The van der Waals surface area contributed by atoms with Crippen LogP contribution in [0.3, 0.4) is 0 Å². The van der Waals surface area contributed by atoms with E-state index in [2.05, 4.69) is 15.0 Å². The van der Waals surface area contributed by atoms with Crippen molar-refractivity contribution in [3.8, 4) is 11.4 Å². The van der Waals surface area contributed by atoms with Crippen molar-refractivity contribution in [2.24, 2.45) is 0 Å². The van der Waals surface area contributed by atoms with E-state index in [0.717, 1.165) is 4.57 Å². The number of nitrogens with zero attached hydrogens (tertiary/aromatic N) is 3. The minimum Gasteiger partial charge on any atom is -0.496 e. The fourth-order valence-electron chi connectivity index (χ4n) is 2.44. The highest BCUT2D eigenvalue weighted by Gasteiger charge is 2.15. The molecule has 26 heavy (non-hydrogen) atoms. The molecule has 0 aliphatic heterocycles. The first-order chi connectivity index (χ1) is 16.3. The van der Waals surface area contributed by atoms with Gasteiger partial charge in [-0.25, -0.2) is 4.98 Å². The number of aromatic amines is 1. The minimum absolute atomic E-state index is 0.0742. The molecule has 0 saturated carbocycles. The van der Waals surface area contributed by atoms with Gasteiger partial charge in [0.2, 0.25) is 0 Å². The van der Waals surface area contributed by atoms with Crippen molar-refractivity contribution in [1.82, 2.24) is 19.5 Å². The van der Waals surface area contributed by atoms with Gasteiger partial charge in [-0.15, -0.1) is 0 Å². The molecule has 0 amide bonds. The Labute approximate surface area is 166 Å². The van der Waals surface area contributed by atoms with E-state index in [0.29, 0.717) is 16.7 Å². The molecular weight excluding hydrogens is 348 g/mol. The van der Waals surface area contributed by atoms with Crippen molar-refractivity contribution in [1.29, 1.82) is 0 Å². The monoisotopic (exact) mass is 375 g/mol. The normalized spacial score (nSPS) is 17.8. The van der Waals surface area contributed by atoms with Crippen LogP contribution in [0.4, 0.5) is 0 Å². The maximum absolute atomic E-state index is 13.0. The predicted octanol–water partition coefficient (Wildman–Crippen LogP) is 3.37. The maximum atomic E-state index is 13.0. The molecule has 0 spiro atoms. The second-order valence-corrected chi connectivity index (χ2v) is 6.76. The zero-order chi connectivity index (χ0) is 25.8. The lowest BCUT2D eigenvalue weighted by Crippen LogP contribution is -2.03. The first-order valence-electron chi connectivity index (χ1n) is 12.0. The van der Waals surface area contributed by atoms with Gasteiger partial charge in [-0.3, -0.25) is 9.19 Å². The fourth-order valence-corrected chi connectivity index (χ4v) is 3.53. The molecule has 3 aromatic heterocycles. The molecule has 0 saturated heterocycles. The molecule has 6 nitrogen and oxygen atoms in total. The van der Waals surface area contributed by atoms with Crippen LogP contribution < -0.4 is 4.74 Å². The lowest BCUT2D eigenvalue weighted by atomic mass is 10.2. The van der Waals surface area contributed by atoms with Crippen LogP contribution >= 0.6 is 0 Å². The Morgan fingerprint density at radius 1 is 1.38 bits per heavy atom. The standard InChI is InChI=1S/C19H18N4O2S/c1-13-17(20-8-7-18(13)25-2)12-26(24)19-21-15-6-5-14(11-16(15)22-19)23-9-3-4-10-23/h3-11H,12H2,1-2H3,(H,21,22)/i2D3,3D,4D,7D,8D,9D,10D. The van der Waals surface area contributed by atoms with Crippen LogP contribution in [0.2, 0.25) is 0 Å². The molecule has 0 radical (unpaired) electrons. The van der Waals surface area contributed by atoms with Gasteiger partial charge in [-0.1, -0.05) is 0 Å². The molecule has 0 aliphatic carbocycles. The van der Waals surface area contributed by atoms with Gasteiger partial charge >= 0.3 is 0 Å². The van der Waals surface area contributed by atoms with Gasteiger partial charge in [0, 0.05) is 29.8 Å². The highest BCUT2D eigenvalue weighted by molar-refractivity contribution is 7.84. The molecule has 1 unspecified atom stereocenters. The van der Waals surface area contributed by atoms with Crippen molar-refractivity contribution in [3.05, 3.63) is 66.1 Å². The quantitative estimate of drug-likeness (QED) is 0.580. The number of fused-ring (bicyclic) bond motifs is 1. The predicted molar refractivity (Wildman–Crippen MR) is 101 cm³/mol. The molecule has 1 atom stereocenters. The summed E-state index contributed by atoms with van der Waals surface area (Å²) in [6, 6.07) is 3.49. The number of pyridine rings is 1. The van der Waals surface area contributed by atoms with Gasteiger partial charge in [0.15, 0.2) is 5.16 Å². The van der Waals surface area contributed by atoms with E-state index >= 15 is 0 Å². The smallest absolute Gasteiger partial charge is 0.197 e. The highest BCUT2D eigenvalue weighted by atomic mass is 32.2. The molecule has 4 rings (SSSR count). The molecule has 7 heteroatoms. The third-order valence-electron chi connectivity index (χ3n) is 3.82. The number of benzene rings is 1.